The standard InChI is InChI=1S/C85H132O17P2/c1-5-9-13-17-21-25-29-33-36-38-39-41-43-47-50-54-58-62-66-70-83(88)96-76-81(102-85(90)72-68-64-60-56-52-48-44-40-37-34-30-26-22-18-14-10-6-2)78-100-104(93,94)98-74-79(86)73-97-103(91,92)99-77-80(101-84(89)71-67-63-59-55-51-45-32-28-24-20-16-12-8-4)75-95-82(87)69-65-61-57-53-49-46-42-35-31-27-23-19-15-11-7-3/h9-11,13-15,21-23,25-28,32-37,39,41-42,44,47-50,53,56,58,60-62,65,79-81,86H,5-8,12,16-20,24,29-31,38,40,43,45-46,51-52,54-55,57,59,63-64,66-78H2,1-4H3,(H,91,92)(H,93,94)/b13-9-,14-10-,15-11-,25-21-,26-22-,27-23-,32-28-,36-33-,37-34-,41-39-,42-35-,48-44-,50-47-,53-49-,60-56-,62-58-,65-61-. The van der Waals surface area contributed by atoms with Crippen LogP contribution in [0.4, 0.5) is 0 Å². The van der Waals surface area contributed by atoms with Crippen molar-refractivity contribution >= 4 is 39.5 Å². The first-order valence-electron chi connectivity index (χ1n) is 38.3. The van der Waals surface area contributed by atoms with E-state index in [4.69, 9.17) is 37.0 Å². The number of unbranched alkanes of at least 4 members (excludes halogenated alkanes) is 10. The number of hydrogen-bond acceptors (Lipinski definition) is 15. The van der Waals surface area contributed by atoms with Crippen molar-refractivity contribution in [3.8, 4) is 0 Å². The van der Waals surface area contributed by atoms with E-state index in [2.05, 4.69) is 180 Å². The Hall–Kier alpha value is -6.36. The maximum atomic E-state index is 13.1. The summed E-state index contributed by atoms with van der Waals surface area (Å²) in [5.74, 6) is -2.53. The van der Waals surface area contributed by atoms with Gasteiger partial charge in [0.25, 0.3) is 0 Å². The number of ether oxygens (including phenoxy) is 4. The molecule has 0 aliphatic rings. The van der Waals surface area contributed by atoms with E-state index < -0.39 is 97.5 Å². The van der Waals surface area contributed by atoms with Gasteiger partial charge < -0.3 is 33.8 Å². The Balaban J connectivity index is 5.57. The Morgan fingerprint density at radius 2 is 0.567 bits per heavy atom. The van der Waals surface area contributed by atoms with Gasteiger partial charge in [-0.15, -0.1) is 0 Å². The van der Waals surface area contributed by atoms with Gasteiger partial charge in [0.05, 0.1) is 32.8 Å². The summed E-state index contributed by atoms with van der Waals surface area (Å²) in [6.45, 7) is 4.18. The minimum atomic E-state index is -5.03. The summed E-state index contributed by atoms with van der Waals surface area (Å²) in [6.07, 6.45) is 93.0. The number of rotatable bonds is 69. The molecule has 0 saturated carbocycles. The molecule has 5 unspecified atom stereocenters. The Bertz CT molecular complexity index is 2790. The summed E-state index contributed by atoms with van der Waals surface area (Å²) in [4.78, 5) is 72.8. The molecule has 0 fully saturated rings. The zero-order chi connectivity index (χ0) is 76.0. The van der Waals surface area contributed by atoms with E-state index in [0.717, 1.165) is 128 Å². The molecular formula is C85H132O17P2. The Labute approximate surface area is 627 Å². The van der Waals surface area contributed by atoms with E-state index in [1.165, 1.54) is 25.7 Å². The van der Waals surface area contributed by atoms with Crippen LogP contribution >= 0.6 is 15.6 Å². The van der Waals surface area contributed by atoms with Gasteiger partial charge in [-0.3, -0.25) is 37.3 Å². The van der Waals surface area contributed by atoms with Gasteiger partial charge in [0.1, 0.15) is 19.3 Å². The van der Waals surface area contributed by atoms with E-state index in [-0.39, 0.29) is 25.7 Å². The molecule has 0 bridgehead atoms. The van der Waals surface area contributed by atoms with Crippen LogP contribution in [0.2, 0.25) is 0 Å². The molecule has 0 saturated heterocycles. The Kier molecular flexibility index (Phi) is 70.3. The van der Waals surface area contributed by atoms with Gasteiger partial charge in [-0.1, -0.05) is 273 Å². The van der Waals surface area contributed by atoms with E-state index >= 15 is 0 Å². The topological polar surface area (TPSA) is 237 Å². The average molecular weight is 1490 g/mol. The third-order valence-corrected chi connectivity index (χ3v) is 16.7. The number of aliphatic hydroxyl groups is 1. The molecule has 0 radical (unpaired) electrons. The van der Waals surface area contributed by atoms with E-state index in [9.17, 15) is 43.2 Å². The van der Waals surface area contributed by atoms with E-state index in [1.807, 2.05) is 48.6 Å². The van der Waals surface area contributed by atoms with Crippen LogP contribution in [0.1, 0.15) is 246 Å². The summed E-state index contributed by atoms with van der Waals surface area (Å²) < 4.78 is 68.2. The van der Waals surface area contributed by atoms with Crippen molar-refractivity contribution in [3.05, 3.63) is 207 Å². The Morgan fingerprint density at radius 1 is 0.288 bits per heavy atom. The van der Waals surface area contributed by atoms with Crippen molar-refractivity contribution in [2.24, 2.45) is 0 Å². The van der Waals surface area contributed by atoms with Crippen LogP contribution in [0.25, 0.3) is 0 Å². The lowest BCUT2D eigenvalue weighted by molar-refractivity contribution is -0.161. The van der Waals surface area contributed by atoms with Gasteiger partial charge in [0.2, 0.25) is 0 Å². The second kappa shape index (κ2) is 74.9. The van der Waals surface area contributed by atoms with Crippen LogP contribution in [-0.2, 0) is 65.4 Å². The monoisotopic (exact) mass is 1490 g/mol. The molecule has 0 aromatic rings. The molecule has 5 atom stereocenters. The SMILES string of the molecule is CC/C=C\C/C=C\C/C=C\C/C=C\C/C=C\C/C=C\CCC(=O)OCC(COP(=O)(O)OCC(O)COP(=O)(O)OCC(COC(=O)C/C=C\C/C=C\C/C=C\C/C=C\C/C=C\CC)OC(=O)CCCCCCC/C=C\CCCCCC)OC(=O)CCC/C=C\C/C=C\C/C=C\C/C=C\C/C=C\CC. The van der Waals surface area contributed by atoms with Gasteiger partial charge >= 0.3 is 39.5 Å². The summed E-state index contributed by atoms with van der Waals surface area (Å²) in [7, 11) is -10.0. The first-order valence-corrected chi connectivity index (χ1v) is 41.3. The number of carbonyl (C=O) groups excluding carboxylic acids is 4. The smallest absolute Gasteiger partial charge is 0.462 e. The first-order chi connectivity index (χ1) is 50.7. The lowest BCUT2D eigenvalue weighted by Crippen LogP contribution is -2.30. The molecule has 584 valence electrons. The van der Waals surface area contributed by atoms with Gasteiger partial charge in [-0.05, 0) is 154 Å². The fourth-order valence-electron chi connectivity index (χ4n) is 9.05. The molecule has 0 aromatic heterocycles. The number of hydrogen-bond donors (Lipinski definition) is 3. The molecule has 104 heavy (non-hydrogen) atoms. The summed E-state index contributed by atoms with van der Waals surface area (Å²) >= 11 is 0. The minimum absolute atomic E-state index is 0.0108. The molecule has 3 N–H and O–H groups in total. The van der Waals surface area contributed by atoms with Crippen molar-refractivity contribution in [3.63, 3.8) is 0 Å². The molecule has 0 aromatic carbocycles. The molecule has 17 nitrogen and oxygen atoms in total. The van der Waals surface area contributed by atoms with Crippen LogP contribution in [0.5, 0.6) is 0 Å². The number of esters is 4. The van der Waals surface area contributed by atoms with Gasteiger partial charge in [0, 0.05) is 19.3 Å². The summed E-state index contributed by atoms with van der Waals surface area (Å²) in [5.41, 5.74) is 0. The molecule has 0 heterocycles. The third kappa shape index (κ3) is 73.9. The number of allylic oxidation sites excluding steroid dienone is 33. The molecule has 0 aliphatic carbocycles. The lowest BCUT2D eigenvalue weighted by atomic mass is 10.1. The maximum absolute atomic E-state index is 13.1. The van der Waals surface area contributed by atoms with Crippen molar-refractivity contribution < 1.29 is 80.2 Å². The highest BCUT2D eigenvalue weighted by atomic mass is 31.2. The quantitative estimate of drug-likeness (QED) is 0.0169. The first kappa shape index (κ1) is 97.6. The highest BCUT2D eigenvalue weighted by molar-refractivity contribution is 7.47. The average Bonchev–Trinajstić information content (AvgIpc) is 0.911. The van der Waals surface area contributed by atoms with Crippen molar-refractivity contribution in [1.82, 2.24) is 0 Å². The highest BCUT2D eigenvalue weighted by Crippen LogP contribution is 2.45. The van der Waals surface area contributed by atoms with Crippen molar-refractivity contribution in [2.75, 3.05) is 39.6 Å². The third-order valence-electron chi connectivity index (χ3n) is 14.8. The number of phosphoric ester groups is 2. The van der Waals surface area contributed by atoms with Gasteiger partial charge in [-0.25, -0.2) is 9.13 Å². The summed E-state index contributed by atoms with van der Waals surface area (Å²) in [5, 5.41) is 10.6. The van der Waals surface area contributed by atoms with E-state index in [1.54, 1.807) is 6.08 Å². The molecular weight excluding hydrogens is 1350 g/mol. The van der Waals surface area contributed by atoms with Crippen LogP contribution in [-0.4, -0.2) is 96.7 Å². The minimum Gasteiger partial charge on any atom is -0.462 e. The second-order valence-corrected chi connectivity index (χ2v) is 27.4. The molecule has 0 aliphatic heterocycles. The molecule has 19 heteroatoms. The van der Waals surface area contributed by atoms with Crippen LogP contribution in [0, 0.1) is 0 Å². The number of carbonyl (C=O) groups is 4. The number of phosphoric acid groups is 2. The zero-order valence-electron chi connectivity index (χ0n) is 63.6. The fourth-order valence-corrected chi connectivity index (χ4v) is 10.6. The summed E-state index contributed by atoms with van der Waals surface area (Å²) in [6, 6.07) is 0. The van der Waals surface area contributed by atoms with Gasteiger partial charge in [-0.2, -0.15) is 0 Å². The number of aliphatic hydroxyl groups excluding tert-OH is 1. The van der Waals surface area contributed by atoms with E-state index in [0.29, 0.717) is 38.5 Å². The normalized spacial score (nSPS) is 15.0. The van der Waals surface area contributed by atoms with Crippen LogP contribution in [0.3, 0.4) is 0 Å². The van der Waals surface area contributed by atoms with Crippen LogP contribution < -0.4 is 0 Å². The highest BCUT2D eigenvalue weighted by Gasteiger charge is 2.30. The van der Waals surface area contributed by atoms with Crippen molar-refractivity contribution in [1.29, 1.82) is 0 Å². The van der Waals surface area contributed by atoms with Gasteiger partial charge in [0.15, 0.2) is 12.2 Å². The Morgan fingerprint density at radius 3 is 0.942 bits per heavy atom. The predicted molar refractivity (Wildman–Crippen MR) is 426 cm³/mol. The molecule has 0 spiro atoms. The maximum Gasteiger partial charge on any atom is 0.472 e. The van der Waals surface area contributed by atoms with Crippen LogP contribution in [0.15, 0.2) is 207 Å². The fraction of sp³-hybridized carbons (Fsp3) is 0.553. The predicted octanol–water partition coefficient (Wildman–Crippen LogP) is 22.3. The van der Waals surface area contributed by atoms with Crippen molar-refractivity contribution in [2.45, 2.75) is 264 Å². The zero-order valence-corrected chi connectivity index (χ0v) is 65.4. The molecule has 0 amide bonds. The largest absolute Gasteiger partial charge is 0.472 e. The molecule has 0 rings (SSSR count). The second-order valence-electron chi connectivity index (χ2n) is 24.5. The lowest BCUT2D eigenvalue weighted by Gasteiger charge is -2.21.